The summed E-state index contributed by atoms with van der Waals surface area (Å²) in [6.07, 6.45) is 2.36. The van der Waals surface area contributed by atoms with Crippen molar-refractivity contribution in [2.24, 2.45) is 0 Å². The second-order valence-electron chi connectivity index (χ2n) is 10.2. The molecule has 1 saturated heterocycles. The summed E-state index contributed by atoms with van der Waals surface area (Å²) in [5.74, 6) is 0.268. The molecule has 1 N–H and O–H groups in total. The minimum Gasteiger partial charge on any atom is -0.482 e. The molecule has 0 radical (unpaired) electrons. The largest absolute Gasteiger partial charge is 0.482 e. The maximum Gasteiger partial charge on any atom is 0.265 e. The number of hydrogen-bond acceptors (Lipinski definition) is 4. The molecule has 3 aromatic rings. The highest BCUT2D eigenvalue weighted by atomic mass is 16.5. The van der Waals surface area contributed by atoms with Crippen LogP contribution in [0.2, 0.25) is 0 Å². The van der Waals surface area contributed by atoms with Crippen LogP contribution in [0.5, 0.6) is 5.75 Å². The van der Waals surface area contributed by atoms with Crippen molar-refractivity contribution >= 4 is 17.5 Å². The van der Waals surface area contributed by atoms with Crippen molar-refractivity contribution in [2.75, 3.05) is 31.1 Å². The molecule has 1 fully saturated rings. The van der Waals surface area contributed by atoms with E-state index in [0.29, 0.717) is 11.4 Å². The van der Waals surface area contributed by atoms with Crippen molar-refractivity contribution in [3.05, 3.63) is 83.4 Å². The van der Waals surface area contributed by atoms with E-state index in [1.54, 1.807) is 11.8 Å². The van der Waals surface area contributed by atoms with Gasteiger partial charge in [0.05, 0.1) is 11.7 Å². The van der Waals surface area contributed by atoms with Gasteiger partial charge < -0.3 is 15.0 Å². The highest BCUT2D eigenvalue weighted by Gasteiger charge is 2.34. The lowest BCUT2D eigenvalue weighted by Gasteiger charge is -2.35. The molecular formula is C31H35N3O3. The molecule has 2 amide bonds. The summed E-state index contributed by atoms with van der Waals surface area (Å²) in [5, 5.41) is 3.28. The average molecular weight is 498 g/mol. The third-order valence-corrected chi connectivity index (χ3v) is 7.60. The Morgan fingerprint density at radius 2 is 1.59 bits per heavy atom. The predicted molar refractivity (Wildman–Crippen MR) is 147 cm³/mol. The first-order valence-corrected chi connectivity index (χ1v) is 13.1. The lowest BCUT2D eigenvalue weighted by molar-refractivity contribution is -0.128. The summed E-state index contributed by atoms with van der Waals surface area (Å²) in [6.45, 7) is 8.57. The Morgan fingerprint density at radius 3 is 2.30 bits per heavy atom. The third kappa shape index (κ3) is 5.39. The monoisotopic (exact) mass is 497 g/mol. The van der Waals surface area contributed by atoms with Gasteiger partial charge in [-0.3, -0.25) is 14.5 Å². The summed E-state index contributed by atoms with van der Waals surface area (Å²) in [5.41, 5.74) is 6.18. The minimum atomic E-state index is -0.665. The fourth-order valence-electron chi connectivity index (χ4n) is 5.25. The summed E-state index contributed by atoms with van der Waals surface area (Å²) in [4.78, 5) is 30.5. The molecule has 2 atom stereocenters. The molecule has 0 aromatic heterocycles. The Labute approximate surface area is 219 Å². The number of likely N-dealkylation sites (tertiary alicyclic amines) is 1. The Bertz CT molecular complexity index is 1270. The summed E-state index contributed by atoms with van der Waals surface area (Å²) < 4.78 is 5.69. The number of nitrogens with zero attached hydrogens (tertiary/aromatic N) is 2. The Hall–Kier alpha value is -3.64. The first-order chi connectivity index (χ1) is 17.9. The second kappa shape index (κ2) is 10.8. The minimum absolute atomic E-state index is 0.0642. The average Bonchev–Trinajstić information content (AvgIpc) is 3.43. The van der Waals surface area contributed by atoms with Crippen LogP contribution in [-0.4, -0.2) is 49.0 Å². The number of rotatable bonds is 7. The normalized spacial score (nSPS) is 17.2. The molecule has 2 unspecified atom stereocenters. The molecule has 6 heteroatoms. The number of carbonyl (C=O) groups excluding carboxylic acids is 2. The first-order valence-electron chi connectivity index (χ1n) is 13.1. The van der Waals surface area contributed by atoms with E-state index in [4.69, 9.17) is 4.74 Å². The van der Waals surface area contributed by atoms with Crippen LogP contribution in [0.4, 0.5) is 5.69 Å². The molecule has 0 bridgehead atoms. The van der Waals surface area contributed by atoms with Gasteiger partial charge in [0.2, 0.25) is 5.91 Å². The van der Waals surface area contributed by atoms with Crippen LogP contribution in [0, 0.1) is 13.8 Å². The van der Waals surface area contributed by atoms with Gasteiger partial charge in [-0.15, -0.1) is 0 Å². The van der Waals surface area contributed by atoms with E-state index in [-0.39, 0.29) is 24.5 Å². The fraction of sp³-hybridized carbons (Fsp3) is 0.355. The van der Waals surface area contributed by atoms with Crippen LogP contribution >= 0.6 is 0 Å². The van der Waals surface area contributed by atoms with Gasteiger partial charge in [0.1, 0.15) is 11.8 Å². The smallest absolute Gasteiger partial charge is 0.265 e. The van der Waals surface area contributed by atoms with E-state index in [1.165, 1.54) is 12.8 Å². The van der Waals surface area contributed by atoms with E-state index in [0.717, 1.165) is 47.5 Å². The molecule has 0 spiro atoms. The van der Waals surface area contributed by atoms with Crippen molar-refractivity contribution in [1.82, 2.24) is 10.2 Å². The molecule has 2 heterocycles. The van der Waals surface area contributed by atoms with Gasteiger partial charge in [-0.1, -0.05) is 54.6 Å². The molecule has 192 valence electrons. The molecule has 0 aliphatic carbocycles. The highest BCUT2D eigenvalue weighted by Crippen LogP contribution is 2.36. The molecular weight excluding hydrogens is 462 g/mol. The van der Waals surface area contributed by atoms with E-state index in [9.17, 15) is 9.59 Å². The van der Waals surface area contributed by atoms with E-state index < -0.39 is 6.04 Å². The van der Waals surface area contributed by atoms with Gasteiger partial charge in [-0.25, -0.2) is 0 Å². The number of fused-ring (bicyclic) bond motifs is 1. The molecule has 5 rings (SSSR count). The molecule has 2 aliphatic heterocycles. The number of amides is 2. The van der Waals surface area contributed by atoms with Gasteiger partial charge >= 0.3 is 0 Å². The lowest BCUT2D eigenvalue weighted by Crippen LogP contribution is -2.52. The predicted octanol–water partition coefficient (Wildman–Crippen LogP) is 5.04. The van der Waals surface area contributed by atoms with Gasteiger partial charge in [-0.2, -0.15) is 0 Å². The second-order valence-corrected chi connectivity index (χ2v) is 10.2. The van der Waals surface area contributed by atoms with Crippen molar-refractivity contribution in [3.8, 4) is 16.9 Å². The van der Waals surface area contributed by atoms with E-state index in [1.807, 2.05) is 44.2 Å². The molecule has 2 aliphatic rings. The maximum absolute atomic E-state index is 13.6. The number of carbonyl (C=O) groups is 2. The topological polar surface area (TPSA) is 61.9 Å². The summed E-state index contributed by atoms with van der Waals surface area (Å²) >= 11 is 0. The van der Waals surface area contributed by atoms with Crippen LogP contribution in [-0.2, 0) is 9.59 Å². The number of nitrogens with one attached hydrogen (secondary N) is 1. The fourth-order valence-corrected chi connectivity index (χ4v) is 5.25. The zero-order chi connectivity index (χ0) is 25.9. The highest BCUT2D eigenvalue weighted by molar-refractivity contribution is 6.03. The molecule has 37 heavy (non-hydrogen) atoms. The number of ether oxygens (including phenoxy) is 1. The number of benzene rings is 3. The lowest BCUT2D eigenvalue weighted by atomic mass is 10.00. The van der Waals surface area contributed by atoms with Gasteiger partial charge in [0.25, 0.3) is 5.91 Å². The Balaban J connectivity index is 1.38. The maximum atomic E-state index is 13.6. The quantitative estimate of drug-likeness (QED) is 0.497. The van der Waals surface area contributed by atoms with Crippen molar-refractivity contribution in [3.63, 3.8) is 0 Å². The van der Waals surface area contributed by atoms with Crippen LogP contribution in [0.3, 0.4) is 0 Å². The summed E-state index contributed by atoms with van der Waals surface area (Å²) in [6, 6.07) is 21.8. The van der Waals surface area contributed by atoms with E-state index >= 15 is 0 Å². The van der Waals surface area contributed by atoms with Gasteiger partial charge in [0.15, 0.2) is 6.61 Å². The van der Waals surface area contributed by atoms with Crippen LogP contribution in [0.15, 0.2) is 66.7 Å². The standard InChI is InChI=1S/C31H35N3O3/c1-21-17-28-29(18-22(21)2)37-20-30(35)34(28)23(3)31(36)32-27(19-33-15-7-8-16-33)26-13-11-25(12-14-26)24-9-5-4-6-10-24/h4-6,9-14,17-18,23,27H,7-8,15-16,19-20H2,1-3H3,(H,32,36). The van der Waals surface area contributed by atoms with Gasteiger partial charge in [-0.05, 0) is 86.7 Å². The molecule has 6 nitrogen and oxygen atoms in total. The summed E-state index contributed by atoms with van der Waals surface area (Å²) in [7, 11) is 0. The van der Waals surface area contributed by atoms with Crippen LogP contribution in [0.1, 0.15) is 42.5 Å². The zero-order valence-electron chi connectivity index (χ0n) is 21.9. The van der Waals surface area contributed by atoms with E-state index in [2.05, 4.69) is 46.6 Å². The molecule has 3 aromatic carbocycles. The zero-order valence-corrected chi connectivity index (χ0v) is 21.9. The van der Waals surface area contributed by atoms with Crippen molar-refractivity contribution in [2.45, 2.75) is 45.7 Å². The Kier molecular flexibility index (Phi) is 7.28. The SMILES string of the molecule is Cc1cc2c(cc1C)N(C(C)C(=O)NC(CN1CCCC1)c1ccc(-c3ccccc3)cc1)C(=O)CO2. The van der Waals surface area contributed by atoms with Crippen LogP contribution in [0.25, 0.3) is 11.1 Å². The third-order valence-electron chi connectivity index (χ3n) is 7.60. The van der Waals surface area contributed by atoms with Crippen molar-refractivity contribution in [1.29, 1.82) is 0 Å². The molecule has 0 saturated carbocycles. The van der Waals surface area contributed by atoms with Gasteiger partial charge in [0, 0.05) is 6.54 Å². The number of aryl methyl sites for hydroxylation is 2. The van der Waals surface area contributed by atoms with Crippen molar-refractivity contribution < 1.29 is 14.3 Å². The number of anilines is 1. The Morgan fingerprint density at radius 1 is 0.946 bits per heavy atom. The number of hydrogen-bond donors (Lipinski definition) is 1. The van der Waals surface area contributed by atoms with Crippen LogP contribution < -0.4 is 15.0 Å². The first kappa shape index (κ1) is 25.0.